The van der Waals surface area contributed by atoms with Crippen LogP contribution in [-0.2, 0) is 9.59 Å². The average Bonchev–Trinajstić information content (AvgIpc) is 2.89. The first-order valence-electron chi connectivity index (χ1n) is 7.46. The molecule has 2 aliphatic heterocycles. The molecule has 0 aliphatic carbocycles. The summed E-state index contributed by atoms with van der Waals surface area (Å²) in [4.78, 5) is 27.6. The van der Waals surface area contributed by atoms with E-state index in [0.29, 0.717) is 6.54 Å². The lowest BCUT2D eigenvalue weighted by Gasteiger charge is -2.27. The maximum absolute atomic E-state index is 12.1. The number of hydrogen-bond acceptors (Lipinski definition) is 3. The summed E-state index contributed by atoms with van der Waals surface area (Å²) in [5.74, 6) is 0.0263. The molecule has 5 nitrogen and oxygen atoms in total. The van der Waals surface area contributed by atoms with E-state index < -0.39 is 0 Å². The summed E-state index contributed by atoms with van der Waals surface area (Å²) < 4.78 is 0. The largest absolute Gasteiger partial charge is 0.353 e. The first kappa shape index (κ1) is 14.3. The van der Waals surface area contributed by atoms with Gasteiger partial charge < -0.3 is 15.1 Å². The van der Waals surface area contributed by atoms with E-state index in [-0.39, 0.29) is 17.9 Å². The number of rotatable bonds is 4. The molecule has 2 fully saturated rings. The second kappa shape index (κ2) is 6.89. The lowest BCUT2D eigenvalue weighted by molar-refractivity contribution is -0.136. The van der Waals surface area contributed by atoms with E-state index in [2.05, 4.69) is 10.2 Å². The predicted molar refractivity (Wildman–Crippen MR) is 73.7 cm³/mol. The molecule has 2 saturated heterocycles. The lowest BCUT2D eigenvalue weighted by Crippen LogP contribution is -2.47. The smallest absolute Gasteiger partial charge is 0.242 e. The molecule has 2 heterocycles. The number of nitrogens with one attached hydrogen (secondary N) is 1. The fourth-order valence-corrected chi connectivity index (χ4v) is 3.05. The molecule has 0 aromatic heterocycles. The summed E-state index contributed by atoms with van der Waals surface area (Å²) >= 11 is 0. The summed E-state index contributed by atoms with van der Waals surface area (Å²) in [7, 11) is 0. The van der Waals surface area contributed by atoms with Gasteiger partial charge in [-0.1, -0.05) is 6.42 Å². The standard InChI is InChI=1S/C14H25N3O2/c1-12(18)17-10-5-6-13(17)14(19)15-7-11-16-8-3-2-4-9-16/h13H,2-11H2,1H3,(H,15,19). The quantitative estimate of drug-likeness (QED) is 0.811. The topological polar surface area (TPSA) is 52.7 Å². The van der Waals surface area contributed by atoms with Crippen molar-refractivity contribution in [2.24, 2.45) is 0 Å². The van der Waals surface area contributed by atoms with Crippen LogP contribution in [0.25, 0.3) is 0 Å². The second-order valence-electron chi connectivity index (χ2n) is 5.56. The summed E-state index contributed by atoms with van der Waals surface area (Å²) in [6, 6.07) is -0.237. The van der Waals surface area contributed by atoms with Crippen LogP contribution < -0.4 is 5.32 Å². The Morgan fingerprint density at radius 3 is 2.53 bits per heavy atom. The molecule has 19 heavy (non-hydrogen) atoms. The minimum absolute atomic E-state index is 0.00804. The van der Waals surface area contributed by atoms with E-state index in [4.69, 9.17) is 0 Å². The van der Waals surface area contributed by atoms with Crippen LogP contribution in [0.2, 0.25) is 0 Å². The van der Waals surface area contributed by atoms with Crippen molar-refractivity contribution in [1.82, 2.24) is 15.1 Å². The highest BCUT2D eigenvalue weighted by atomic mass is 16.2. The monoisotopic (exact) mass is 267 g/mol. The number of amides is 2. The van der Waals surface area contributed by atoms with Gasteiger partial charge in [-0.25, -0.2) is 0 Å². The Labute approximate surface area is 115 Å². The van der Waals surface area contributed by atoms with E-state index in [1.165, 1.54) is 19.3 Å². The molecule has 2 aliphatic rings. The molecule has 108 valence electrons. The van der Waals surface area contributed by atoms with Crippen molar-refractivity contribution in [2.75, 3.05) is 32.7 Å². The van der Waals surface area contributed by atoms with Gasteiger partial charge in [0.05, 0.1) is 0 Å². The third kappa shape index (κ3) is 3.93. The molecule has 0 saturated carbocycles. The van der Waals surface area contributed by atoms with Crippen LogP contribution in [0.4, 0.5) is 0 Å². The van der Waals surface area contributed by atoms with E-state index in [1.54, 1.807) is 11.8 Å². The molecule has 0 radical (unpaired) electrons. The van der Waals surface area contributed by atoms with Crippen LogP contribution in [0.15, 0.2) is 0 Å². The van der Waals surface area contributed by atoms with Crippen LogP contribution >= 0.6 is 0 Å². The number of nitrogens with zero attached hydrogens (tertiary/aromatic N) is 2. The van der Waals surface area contributed by atoms with Gasteiger partial charge in [-0.05, 0) is 38.8 Å². The Balaban J connectivity index is 1.70. The minimum Gasteiger partial charge on any atom is -0.353 e. The fraction of sp³-hybridized carbons (Fsp3) is 0.857. The van der Waals surface area contributed by atoms with Gasteiger partial charge in [0.15, 0.2) is 0 Å². The van der Waals surface area contributed by atoms with Crippen LogP contribution in [0.3, 0.4) is 0 Å². The number of piperidine rings is 1. The zero-order chi connectivity index (χ0) is 13.7. The average molecular weight is 267 g/mol. The van der Waals surface area contributed by atoms with Gasteiger partial charge in [-0.15, -0.1) is 0 Å². The molecule has 1 unspecified atom stereocenters. The summed E-state index contributed by atoms with van der Waals surface area (Å²) in [6.45, 7) is 6.19. The van der Waals surface area contributed by atoms with E-state index in [1.807, 2.05) is 0 Å². The van der Waals surface area contributed by atoms with E-state index >= 15 is 0 Å². The van der Waals surface area contributed by atoms with Crippen LogP contribution in [0.5, 0.6) is 0 Å². The van der Waals surface area contributed by atoms with E-state index in [0.717, 1.165) is 39.0 Å². The lowest BCUT2D eigenvalue weighted by atomic mass is 10.1. The van der Waals surface area contributed by atoms with Crippen LogP contribution in [0.1, 0.15) is 39.0 Å². The van der Waals surface area contributed by atoms with Gasteiger partial charge in [-0.2, -0.15) is 0 Å². The summed E-state index contributed by atoms with van der Waals surface area (Å²) in [6.07, 6.45) is 5.61. The summed E-state index contributed by atoms with van der Waals surface area (Å²) in [5, 5.41) is 2.98. The summed E-state index contributed by atoms with van der Waals surface area (Å²) in [5.41, 5.74) is 0. The number of carbonyl (C=O) groups is 2. The molecule has 1 N–H and O–H groups in total. The van der Waals surface area contributed by atoms with Crippen LogP contribution in [-0.4, -0.2) is 60.4 Å². The Kier molecular flexibility index (Phi) is 5.19. The highest BCUT2D eigenvalue weighted by molar-refractivity contribution is 5.87. The van der Waals surface area contributed by atoms with Crippen LogP contribution in [0, 0.1) is 0 Å². The van der Waals surface area contributed by atoms with Gasteiger partial charge in [0.2, 0.25) is 11.8 Å². The fourth-order valence-electron chi connectivity index (χ4n) is 3.05. The Bertz CT molecular complexity index is 327. The van der Waals surface area contributed by atoms with Crippen molar-refractivity contribution in [3.8, 4) is 0 Å². The molecule has 5 heteroatoms. The van der Waals surface area contributed by atoms with Crippen molar-refractivity contribution in [3.05, 3.63) is 0 Å². The molecular weight excluding hydrogens is 242 g/mol. The molecule has 1 atom stereocenters. The van der Waals surface area contributed by atoms with Crippen molar-refractivity contribution in [1.29, 1.82) is 0 Å². The maximum Gasteiger partial charge on any atom is 0.242 e. The van der Waals surface area contributed by atoms with Crippen molar-refractivity contribution >= 4 is 11.8 Å². The Morgan fingerprint density at radius 2 is 1.84 bits per heavy atom. The normalized spacial score (nSPS) is 24.5. The van der Waals surface area contributed by atoms with Gasteiger partial charge in [0.1, 0.15) is 6.04 Å². The third-order valence-corrected chi connectivity index (χ3v) is 4.14. The first-order chi connectivity index (χ1) is 9.18. The minimum atomic E-state index is -0.237. The molecule has 2 amide bonds. The van der Waals surface area contributed by atoms with Gasteiger partial charge in [0, 0.05) is 26.6 Å². The van der Waals surface area contributed by atoms with Crippen molar-refractivity contribution in [3.63, 3.8) is 0 Å². The number of likely N-dealkylation sites (tertiary alicyclic amines) is 2. The van der Waals surface area contributed by atoms with Crippen molar-refractivity contribution < 1.29 is 9.59 Å². The maximum atomic E-state index is 12.1. The van der Waals surface area contributed by atoms with Gasteiger partial charge >= 0.3 is 0 Å². The molecule has 2 rings (SSSR count). The van der Waals surface area contributed by atoms with Gasteiger partial charge in [0.25, 0.3) is 0 Å². The predicted octanol–water partition coefficient (Wildman–Crippen LogP) is 0.599. The number of carbonyl (C=O) groups excluding carboxylic acids is 2. The number of hydrogen-bond donors (Lipinski definition) is 1. The van der Waals surface area contributed by atoms with Crippen molar-refractivity contribution in [2.45, 2.75) is 45.1 Å². The SMILES string of the molecule is CC(=O)N1CCCC1C(=O)NCCN1CCCCC1. The Morgan fingerprint density at radius 1 is 1.11 bits per heavy atom. The van der Waals surface area contributed by atoms with E-state index in [9.17, 15) is 9.59 Å². The highest BCUT2D eigenvalue weighted by Crippen LogP contribution is 2.17. The molecular formula is C14H25N3O2. The zero-order valence-electron chi connectivity index (χ0n) is 11.9. The molecule has 0 bridgehead atoms. The second-order valence-corrected chi connectivity index (χ2v) is 5.56. The first-order valence-corrected chi connectivity index (χ1v) is 7.46. The highest BCUT2D eigenvalue weighted by Gasteiger charge is 2.31. The Hall–Kier alpha value is -1.10. The molecule has 0 aromatic rings. The zero-order valence-corrected chi connectivity index (χ0v) is 11.9. The molecule has 0 aromatic carbocycles. The van der Waals surface area contributed by atoms with Gasteiger partial charge in [-0.3, -0.25) is 9.59 Å². The third-order valence-electron chi connectivity index (χ3n) is 4.14. The molecule has 0 spiro atoms.